The summed E-state index contributed by atoms with van der Waals surface area (Å²) in [5.74, 6) is -1.05. The molecule has 0 rings (SSSR count). The molecule has 10 heteroatoms. The maximum Gasteiger partial charge on any atom is 0.407 e. The van der Waals surface area contributed by atoms with Crippen molar-refractivity contribution in [3.8, 4) is 0 Å². The van der Waals surface area contributed by atoms with Crippen molar-refractivity contribution in [2.45, 2.75) is 52.2 Å². The molecule has 0 aliphatic rings. The summed E-state index contributed by atoms with van der Waals surface area (Å²) in [5, 5.41) is 2.53. The summed E-state index contributed by atoms with van der Waals surface area (Å²) in [6.07, 6.45) is 0.203. The molecule has 0 aliphatic carbocycles. The fourth-order valence-electron chi connectivity index (χ4n) is 1.74. The van der Waals surface area contributed by atoms with Crippen LogP contribution >= 0.6 is 0 Å². The minimum Gasteiger partial charge on any atom is -0.465 e. The van der Waals surface area contributed by atoms with Gasteiger partial charge in [-0.15, -0.1) is 0 Å². The minimum absolute atomic E-state index is 0.167. The van der Waals surface area contributed by atoms with Gasteiger partial charge in [0.2, 0.25) is 10.0 Å². The first-order valence-corrected chi connectivity index (χ1v) is 9.47. The summed E-state index contributed by atoms with van der Waals surface area (Å²) >= 11 is 0. The fourth-order valence-corrected chi connectivity index (χ4v) is 2.98. The van der Waals surface area contributed by atoms with Gasteiger partial charge in [0, 0.05) is 6.04 Å². The average Bonchev–Trinajstić information content (AvgIpc) is 2.40. The number of hydrogen-bond acceptors (Lipinski definition) is 7. The van der Waals surface area contributed by atoms with E-state index in [0.717, 1.165) is 0 Å². The lowest BCUT2D eigenvalue weighted by atomic mass is 10.2. The van der Waals surface area contributed by atoms with Crippen molar-refractivity contribution >= 4 is 22.1 Å². The summed E-state index contributed by atoms with van der Waals surface area (Å²) in [7, 11) is -3.78. The Hall–Kier alpha value is -1.39. The number of amides is 1. The molecule has 9 nitrogen and oxygen atoms in total. The van der Waals surface area contributed by atoms with Crippen LogP contribution in [-0.4, -0.2) is 57.6 Å². The summed E-state index contributed by atoms with van der Waals surface area (Å²) in [6, 6.07) is -0.678. The van der Waals surface area contributed by atoms with E-state index < -0.39 is 40.3 Å². The summed E-state index contributed by atoms with van der Waals surface area (Å²) in [6.45, 7) is 6.83. The number of carbonyl (C=O) groups is 2. The van der Waals surface area contributed by atoms with Gasteiger partial charge in [0.15, 0.2) is 0 Å². The van der Waals surface area contributed by atoms with Crippen molar-refractivity contribution in [3.05, 3.63) is 0 Å². The first kappa shape index (κ1) is 22.6. The zero-order chi connectivity index (χ0) is 18.8. The topological polar surface area (TPSA) is 137 Å². The third-order valence-corrected chi connectivity index (χ3v) is 4.07. The van der Waals surface area contributed by atoms with Crippen LogP contribution in [0.5, 0.6) is 0 Å². The SMILES string of the molecule is CCOC(=O)CNS(=O)(=O)C[C@H](CCCN)NC(=O)OC(C)(C)C. The van der Waals surface area contributed by atoms with Gasteiger partial charge in [0.25, 0.3) is 0 Å². The van der Waals surface area contributed by atoms with E-state index in [2.05, 4.69) is 14.8 Å². The second kappa shape index (κ2) is 10.5. The highest BCUT2D eigenvalue weighted by atomic mass is 32.2. The van der Waals surface area contributed by atoms with Gasteiger partial charge in [-0.25, -0.2) is 17.9 Å². The van der Waals surface area contributed by atoms with Crippen LogP contribution in [0.15, 0.2) is 0 Å². The van der Waals surface area contributed by atoms with Crippen LogP contribution < -0.4 is 15.8 Å². The number of esters is 1. The van der Waals surface area contributed by atoms with Crippen molar-refractivity contribution in [1.29, 1.82) is 0 Å². The molecule has 1 amide bonds. The minimum atomic E-state index is -3.78. The first-order chi connectivity index (χ1) is 11.0. The zero-order valence-corrected chi connectivity index (χ0v) is 15.6. The number of alkyl carbamates (subject to hydrolysis) is 1. The van der Waals surface area contributed by atoms with Gasteiger partial charge in [0.1, 0.15) is 12.1 Å². The van der Waals surface area contributed by atoms with Crippen LogP contribution in [0.3, 0.4) is 0 Å². The third kappa shape index (κ3) is 12.1. The Kier molecular flexibility index (Phi) is 9.86. The molecule has 0 heterocycles. The predicted molar refractivity (Wildman–Crippen MR) is 89.9 cm³/mol. The predicted octanol–water partition coefficient (Wildman–Crippen LogP) is 0.101. The molecular weight excluding hydrogens is 338 g/mol. The molecule has 0 aromatic heterocycles. The molecule has 0 radical (unpaired) electrons. The van der Waals surface area contributed by atoms with Gasteiger partial charge in [-0.05, 0) is 47.1 Å². The van der Waals surface area contributed by atoms with Crippen LogP contribution in [-0.2, 0) is 24.3 Å². The number of sulfonamides is 1. The molecule has 0 aliphatic heterocycles. The Balaban J connectivity index is 4.69. The molecule has 0 aromatic carbocycles. The maximum absolute atomic E-state index is 12.0. The lowest BCUT2D eigenvalue weighted by Gasteiger charge is -2.23. The highest BCUT2D eigenvalue weighted by Gasteiger charge is 2.24. The molecule has 24 heavy (non-hydrogen) atoms. The van der Waals surface area contributed by atoms with Crippen LogP contribution in [0.1, 0.15) is 40.5 Å². The fraction of sp³-hybridized carbons (Fsp3) is 0.857. The molecule has 0 aromatic rings. The van der Waals surface area contributed by atoms with Crippen LogP contribution in [0.4, 0.5) is 4.79 Å². The summed E-state index contributed by atoms with van der Waals surface area (Å²) in [5.41, 5.74) is 4.74. The normalized spacial score (nSPS) is 13.2. The zero-order valence-electron chi connectivity index (χ0n) is 14.8. The van der Waals surface area contributed by atoms with Gasteiger partial charge >= 0.3 is 12.1 Å². The van der Waals surface area contributed by atoms with E-state index in [1.165, 1.54) is 0 Å². The van der Waals surface area contributed by atoms with Crippen molar-refractivity contribution < 1.29 is 27.5 Å². The summed E-state index contributed by atoms with van der Waals surface area (Å²) in [4.78, 5) is 23.0. The average molecular weight is 367 g/mol. The Bertz CT molecular complexity index is 501. The van der Waals surface area contributed by atoms with E-state index in [0.29, 0.717) is 19.4 Å². The lowest BCUT2D eigenvalue weighted by Crippen LogP contribution is -2.45. The largest absolute Gasteiger partial charge is 0.465 e. The lowest BCUT2D eigenvalue weighted by molar-refractivity contribution is -0.141. The van der Waals surface area contributed by atoms with Crippen molar-refractivity contribution in [1.82, 2.24) is 10.0 Å². The van der Waals surface area contributed by atoms with E-state index in [9.17, 15) is 18.0 Å². The molecule has 0 saturated carbocycles. The molecule has 1 atom stereocenters. The molecular formula is C14H29N3O6S. The quantitative estimate of drug-likeness (QED) is 0.466. The van der Waals surface area contributed by atoms with Gasteiger partial charge in [-0.3, -0.25) is 4.79 Å². The Labute approximate surface area is 143 Å². The Morgan fingerprint density at radius 3 is 2.38 bits per heavy atom. The van der Waals surface area contributed by atoms with Gasteiger partial charge in [-0.1, -0.05) is 0 Å². The van der Waals surface area contributed by atoms with Gasteiger partial charge in [0.05, 0.1) is 12.4 Å². The highest BCUT2D eigenvalue weighted by Crippen LogP contribution is 2.08. The van der Waals surface area contributed by atoms with E-state index in [4.69, 9.17) is 10.5 Å². The maximum atomic E-state index is 12.0. The number of nitrogens with one attached hydrogen (secondary N) is 2. The summed E-state index contributed by atoms with van der Waals surface area (Å²) < 4.78 is 36.0. The molecule has 0 bridgehead atoms. The number of carbonyl (C=O) groups excluding carboxylic acids is 2. The van der Waals surface area contributed by atoms with Crippen molar-refractivity contribution in [2.75, 3.05) is 25.4 Å². The highest BCUT2D eigenvalue weighted by molar-refractivity contribution is 7.89. The standard InChI is InChI=1S/C14H29N3O6S/c1-5-22-12(18)9-16-24(20,21)10-11(7-6-8-15)17-13(19)23-14(2,3)4/h11,16H,5-10,15H2,1-4H3,(H,17,19)/t11-/m0/s1. The number of hydrogen-bond donors (Lipinski definition) is 3. The smallest absolute Gasteiger partial charge is 0.407 e. The van der Waals surface area contributed by atoms with Gasteiger partial charge < -0.3 is 20.5 Å². The van der Waals surface area contributed by atoms with E-state index in [-0.39, 0.29) is 12.4 Å². The Morgan fingerprint density at radius 1 is 1.25 bits per heavy atom. The van der Waals surface area contributed by atoms with Crippen LogP contribution in [0.25, 0.3) is 0 Å². The Morgan fingerprint density at radius 2 is 1.88 bits per heavy atom. The second-order valence-corrected chi connectivity index (χ2v) is 8.03. The van der Waals surface area contributed by atoms with Gasteiger partial charge in [-0.2, -0.15) is 0 Å². The van der Waals surface area contributed by atoms with E-state index >= 15 is 0 Å². The molecule has 142 valence electrons. The molecule has 0 unspecified atom stereocenters. The molecule has 0 fully saturated rings. The number of nitrogens with two attached hydrogens (primary N) is 1. The molecule has 4 N–H and O–H groups in total. The van der Waals surface area contributed by atoms with Crippen molar-refractivity contribution in [2.24, 2.45) is 5.73 Å². The van der Waals surface area contributed by atoms with Crippen molar-refractivity contribution in [3.63, 3.8) is 0 Å². The van der Waals surface area contributed by atoms with E-state index in [1.54, 1.807) is 27.7 Å². The van der Waals surface area contributed by atoms with E-state index in [1.807, 2.05) is 0 Å². The van der Waals surface area contributed by atoms with Crippen LogP contribution in [0, 0.1) is 0 Å². The third-order valence-electron chi connectivity index (χ3n) is 2.64. The number of ether oxygens (including phenoxy) is 2. The number of rotatable bonds is 10. The monoisotopic (exact) mass is 367 g/mol. The molecule has 0 spiro atoms. The first-order valence-electron chi connectivity index (χ1n) is 7.81. The van der Waals surface area contributed by atoms with Crippen LogP contribution in [0.2, 0.25) is 0 Å². The second-order valence-electron chi connectivity index (χ2n) is 6.18. The molecule has 0 saturated heterocycles.